The predicted molar refractivity (Wildman–Crippen MR) is 87.4 cm³/mol. The van der Waals surface area contributed by atoms with E-state index in [0.717, 1.165) is 19.3 Å². The van der Waals surface area contributed by atoms with E-state index >= 15 is 0 Å². The number of carboxylic acid groups (broad SMARTS) is 1. The number of piperidine rings is 1. The van der Waals surface area contributed by atoms with Gasteiger partial charge >= 0.3 is 5.97 Å². The minimum Gasteiger partial charge on any atom is -0.481 e. The molecule has 1 saturated carbocycles. The number of hydrogen-bond acceptors (Lipinski definition) is 3. The van der Waals surface area contributed by atoms with Gasteiger partial charge in [0.05, 0.1) is 5.92 Å². The third-order valence-electron chi connectivity index (χ3n) is 4.98. The molecule has 1 aliphatic heterocycles. The van der Waals surface area contributed by atoms with Crippen molar-refractivity contribution < 1.29 is 19.5 Å². The second-order valence-corrected chi connectivity index (χ2v) is 6.70. The minimum absolute atomic E-state index is 0.135. The largest absolute Gasteiger partial charge is 0.481 e. The van der Waals surface area contributed by atoms with Gasteiger partial charge in [-0.05, 0) is 44.2 Å². The molecular formula is C18H22N2O4. The van der Waals surface area contributed by atoms with Crippen LogP contribution in [0.2, 0.25) is 0 Å². The van der Waals surface area contributed by atoms with Gasteiger partial charge in [0.25, 0.3) is 5.91 Å². The first-order valence-electron chi connectivity index (χ1n) is 8.42. The number of nitrogens with zero attached hydrogens (tertiary/aromatic N) is 1. The van der Waals surface area contributed by atoms with Gasteiger partial charge in [0.2, 0.25) is 5.91 Å². The SMILES string of the molecule is O=C(NC1(C(=O)N2CCCCC2)CC(C(=O)O)C1)c1ccccc1. The van der Waals surface area contributed by atoms with Crippen LogP contribution in [0.5, 0.6) is 0 Å². The smallest absolute Gasteiger partial charge is 0.306 e. The molecule has 1 heterocycles. The maximum atomic E-state index is 13.0. The van der Waals surface area contributed by atoms with Crippen molar-refractivity contribution in [3.05, 3.63) is 35.9 Å². The molecule has 0 atom stereocenters. The van der Waals surface area contributed by atoms with Crippen LogP contribution >= 0.6 is 0 Å². The van der Waals surface area contributed by atoms with Crippen LogP contribution in [-0.4, -0.2) is 46.4 Å². The summed E-state index contributed by atoms with van der Waals surface area (Å²) in [5, 5.41) is 12.0. The third-order valence-corrected chi connectivity index (χ3v) is 4.98. The van der Waals surface area contributed by atoms with Crippen molar-refractivity contribution >= 4 is 17.8 Å². The van der Waals surface area contributed by atoms with Gasteiger partial charge in [-0.2, -0.15) is 0 Å². The quantitative estimate of drug-likeness (QED) is 0.879. The maximum Gasteiger partial charge on any atom is 0.306 e. The fourth-order valence-corrected chi connectivity index (χ4v) is 3.56. The van der Waals surface area contributed by atoms with Gasteiger partial charge < -0.3 is 15.3 Å². The Hall–Kier alpha value is -2.37. The lowest BCUT2D eigenvalue weighted by molar-refractivity contribution is -0.155. The lowest BCUT2D eigenvalue weighted by Crippen LogP contribution is -2.67. The molecule has 0 unspecified atom stereocenters. The average Bonchev–Trinajstić information content (AvgIpc) is 2.58. The monoisotopic (exact) mass is 330 g/mol. The summed E-state index contributed by atoms with van der Waals surface area (Å²) in [7, 11) is 0. The summed E-state index contributed by atoms with van der Waals surface area (Å²) in [5.74, 6) is -1.95. The van der Waals surface area contributed by atoms with Crippen LogP contribution in [-0.2, 0) is 9.59 Å². The maximum absolute atomic E-state index is 13.0. The van der Waals surface area contributed by atoms with Crippen LogP contribution in [0.4, 0.5) is 0 Å². The van der Waals surface area contributed by atoms with E-state index in [1.54, 1.807) is 29.2 Å². The molecule has 1 saturated heterocycles. The van der Waals surface area contributed by atoms with Crippen LogP contribution < -0.4 is 5.32 Å². The number of aliphatic carboxylic acids is 1. The molecule has 2 aliphatic rings. The highest BCUT2D eigenvalue weighted by molar-refractivity contribution is 6.00. The number of likely N-dealkylation sites (tertiary alicyclic amines) is 1. The topological polar surface area (TPSA) is 86.7 Å². The summed E-state index contributed by atoms with van der Waals surface area (Å²) in [6, 6.07) is 8.70. The van der Waals surface area contributed by atoms with Crippen LogP contribution in [0.25, 0.3) is 0 Å². The van der Waals surface area contributed by atoms with E-state index in [1.807, 2.05) is 6.07 Å². The van der Waals surface area contributed by atoms with Crippen molar-refractivity contribution in [2.24, 2.45) is 5.92 Å². The molecule has 24 heavy (non-hydrogen) atoms. The van der Waals surface area contributed by atoms with Gasteiger partial charge in [0.1, 0.15) is 5.54 Å². The van der Waals surface area contributed by atoms with Gasteiger partial charge in [-0.1, -0.05) is 18.2 Å². The molecule has 2 fully saturated rings. The van der Waals surface area contributed by atoms with Crippen LogP contribution in [0.1, 0.15) is 42.5 Å². The predicted octanol–water partition coefficient (Wildman–Crippen LogP) is 1.66. The molecule has 2 N–H and O–H groups in total. The van der Waals surface area contributed by atoms with Gasteiger partial charge in [-0.3, -0.25) is 14.4 Å². The Balaban J connectivity index is 1.77. The number of carboxylic acids is 1. The van der Waals surface area contributed by atoms with E-state index in [-0.39, 0.29) is 24.7 Å². The van der Waals surface area contributed by atoms with E-state index in [4.69, 9.17) is 0 Å². The van der Waals surface area contributed by atoms with Crippen LogP contribution in [0, 0.1) is 5.92 Å². The van der Waals surface area contributed by atoms with Crippen molar-refractivity contribution in [1.82, 2.24) is 10.2 Å². The number of amides is 2. The second kappa shape index (κ2) is 6.63. The van der Waals surface area contributed by atoms with Crippen LogP contribution in [0.15, 0.2) is 30.3 Å². The third kappa shape index (κ3) is 3.13. The lowest BCUT2D eigenvalue weighted by atomic mass is 9.67. The van der Waals surface area contributed by atoms with Crippen molar-refractivity contribution in [1.29, 1.82) is 0 Å². The molecule has 1 aromatic rings. The molecule has 2 amide bonds. The molecule has 6 nitrogen and oxygen atoms in total. The Bertz CT molecular complexity index is 632. The summed E-state index contributed by atoms with van der Waals surface area (Å²) in [4.78, 5) is 38.4. The Morgan fingerprint density at radius 1 is 1.04 bits per heavy atom. The average molecular weight is 330 g/mol. The van der Waals surface area contributed by atoms with Gasteiger partial charge in [0, 0.05) is 18.7 Å². The molecule has 1 aromatic carbocycles. The molecule has 128 valence electrons. The van der Waals surface area contributed by atoms with Crippen molar-refractivity contribution in [2.45, 2.75) is 37.6 Å². The van der Waals surface area contributed by atoms with E-state index in [9.17, 15) is 19.5 Å². The number of rotatable bonds is 4. The minimum atomic E-state index is -1.08. The molecule has 0 radical (unpaired) electrons. The molecule has 1 aliphatic carbocycles. The highest BCUT2D eigenvalue weighted by Gasteiger charge is 2.55. The zero-order chi connectivity index (χ0) is 17.2. The number of carbonyl (C=O) groups is 3. The first kappa shape index (κ1) is 16.5. The molecule has 3 rings (SSSR count). The second-order valence-electron chi connectivity index (χ2n) is 6.70. The van der Waals surface area contributed by atoms with E-state index in [1.165, 1.54) is 0 Å². The zero-order valence-corrected chi connectivity index (χ0v) is 13.5. The fraction of sp³-hybridized carbons (Fsp3) is 0.500. The zero-order valence-electron chi connectivity index (χ0n) is 13.5. The summed E-state index contributed by atoms with van der Waals surface area (Å²) in [6.07, 6.45) is 3.34. The summed E-state index contributed by atoms with van der Waals surface area (Å²) < 4.78 is 0. The molecule has 6 heteroatoms. The number of nitrogens with one attached hydrogen (secondary N) is 1. The Morgan fingerprint density at radius 2 is 1.67 bits per heavy atom. The Kier molecular flexibility index (Phi) is 4.55. The van der Waals surface area contributed by atoms with Gasteiger partial charge in [-0.15, -0.1) is 0 Å². The van der Waals surface area contributed by atoms with Crippen molar-refractivity contribution in [2.75, 3.05) is 13.1 Å². The van der Waals surface area contributed by atoms with Gasteiger partial charge in [-0.25, -0.2) is 0 Å². The lowest BCUT2D eigenvalue weighted by Gasteiger charge is -2.47. The molecule has 0 aromatic heterocycles. The highest BCUT2D eigenvalue weighted by atomic mass is 16.4. The molecule has 0 spiro atoms. The van der Waals surface area contributed by atoms with E-state index < -0.39 is 17.4 Å². The number of hydrogen-bond donors (Lipinski definition) is 2. The number of carbonyl (C=O) groups excluding carboxylic acids is 2. The van der Waals surface area contributed by atoms with E-state index in [2.05, 4.69) is 5.32 Å². The summed E-state index contributed by atoms with van der Waals surface area (Å²) >= 11 is 0. The molecular weight excluding hydrogens is 308 g/mol. The fourth-order valence-electron chi connectivity index (χ4n) is 3.56. The highest BCUT2D eigenvalue weighted by Crippen LogP contribution is 2.40. The van der Waals surface area contributed by atoms with Crippen molar-refractivity contribution in [3.8, 4) is 0 Å². The van der Waals surface area contributed by atoms with Crippen LogP contribution in [0.3, 0.4) is 0 Å². The summed E-state index contributed by atoms with van der Waals surface area (Å²) in [6.45, 7) is 1.36. The summed E-state index contributed by atoms with van der Waals surface area (Å²) in [5.41, 5.74) is -0.602. The molecule has 0 bridgehead atoms. The van der Waals surface area contributed by atoms with Gasteiger partial charge in [0.15, 0.2) is 0 Å². The Morgan fingerprint density at radius 3 is 2.25 bits per heavy atom. The normalized spacial score (nSPS) is 26.3. The van der Waals surface area contributed by atoms with Crippen molar-refractivity contribution in [3.63, 3.8) is 0 Å². The first-order valence-corrected chi connectivity index (χ1v) is 8.42. The first-order chi connectivity index (χ1) is 11.5. The Labute approximate surface area is 140 Å². The van der Waals surface area contributed by atoms with E-state index in [0.29, 0.717) is 18.7 Å². The standard InChI is InChI=1S/C18H22N2O4/c21-15(13-7-3-1-4-8-13)19-18(11-14(12-18)16(22)23)17(24)20-9-5-2-6-10-20/h1,3-4,7-8,14H,2,5-6,9-12H2,(H,19,21)(H,22,23). The number of benzene rings is 1.